The van der Waals surface area contributed by atoms with Gasteiger partial charge < -0.3 is 5.11 Å². The molecular weight excluding hydrogens is 228 g/mol. The molecule has 0 heterocycles. The Labute approximate surface area is 108 Å². The van der Waals surface area contributed by atoms with E-state index in [9.17, 15) is 9.59 Å². The predicted molar refractivity (Wildman–Crippen MR) is 70.8 cm³/mol. The van der Waals surface area contributed by atoms with E-state index in [2.05, 4.69) is 0 Å². The third-order valence-corrected chi connectivity index (χ3v) is 3.36. The van der Waals surface area contributed by atoms with Crippen LogP contribution in [-0.4, -0.2) is 16.9 Å². The van der Waals surface area contributed by atoms with Gasteiger partial charge in [-0.3, -0.25) is 9.59 Å². The second-order valence-electron chi connectivity index (χ2n) is 5.12. The van der Waals surface area contributed by atoms with Crippen molar-refractivity contribution in [3.05, 3.63) is 34.9 Å². The molecule has 0 aliphatic heterocycles. The van der Waals surface area contributed by atoms with Gasteiger partial charge in [0.15, 0.2) is 5.78 Å². The average Bonchev–Trinajstić information content (AvgIpc) is 2.28. The zero-order chi connectivity index (χ0) is 13.9. The monoisotopic (exact) mass is 248 g/mol. The summed E-state index contributed by atoms with van der Waals surface area (Å²) in [4.78, 5) is 23.1. The highest BCUT2D eigenvalue weighted by Gasteiger charge is 2.25. The number of carbonyl (C=O) groups is 2. The minimum atomic E-state index is -0.901. The molecule has 0 aliphatic carbocycles. The van der Waals surface area contributed by atoms with E-state index < -0.39 is 11.9 Å². The van der Waals surface area contributed by atoms with Crippen molar-refractivity contribution in [3.63, 3.8) is 0 Å². The zero-order valence-corrected chi connectivity index (χ0v) is 11.4. The molecule has 0 amide bonds. The number of carboxylic acids is 1. The van der Waals surface area contributed by atoms with E-state index in [0.29, 0.717) is 5.56 Å². The van der Waals surface area contributed by atoms with Crippen LogP contribution < -0.4 is 0 Å². The van der Waals surface area contributed by atoms with Crippen LogP contribution in [0, 0.1) is 25.7 Å². The van der Waals surface area contributed by atoms with E-state index in [1.165, 1.54) is 0 Å². The largest absolute Gasteiger partial charge is 0.481 e. The Morgan fingerprint density at radius 3 is 2.22 bits per heavy atom. The molecule has 1 atom stereocenters. The topological polar surface area (TPSA) is 54.4 Å². The van der Waals surface area contributed by atoms with Crippen LogP contribution in [0.2, 0.25) is 0 Å². The molecule has 0 saturated carbocycles. The van der Waals surface area contributed by atoms with Gasteiger partial charge in [-0.05, 0) is 37.0 Å². The number of hydrogen-bond donors (Lipinski definition) is 1. The molecule has 1 rings (SSSR count). The second-order valence-corrected chi connectivity index (χ2v) is 5.12. The Balaban J connectivity index is 2.87. The minimum Gasteiger partial charge on any atom is -0.481 e. The van der Waals surface area contributed by atoms with Gasteiger partial charge in [0.1, 0.15) is 0 Å². The lowest BCUT2D eigenvalue weighted by Crippen LogP contribution is -2.23. The fourth-order valence-electron chi connectivity index (χ4n) is 1.84. The van der Waals surface area contributed by atoms with Gasteiger partial charge >= 0.3 is 5.97 Å². The Morgan fingerprint density at radius 1 is 1.17 bits per heavy atom. The maximum atomic E-state index is 12.1. The van der Waals surface area contributed by atoms with Crippen molar-refractivity contribution in [1.82, 2.24) is 0 Å². The van der Waals surface area contributed by atoms with Gasteiger partial charge in [-0.2, -0.15) is 0 Å². The molecule has 0 radical (unpaired) electrons. The second kappa shape index (κ2) is 5.80. The van der Waals surface area contributed by atoms with E-state index in [-0.39, 0.29) is 18.1 Å². The van der Waals surface area contributed by atoms with Gasteiger partial charge in [-0.25, -0.2) is 0 Å². The van der Waals surface area contributed by atoms with E-state index >= 15 is 0 Å². The van der Waals surface area contributed by atoms with Crippen LogP contribution >= 0.6 is 0 Å². The SMILES string of the molecule is Cc1ccc(C(=O)CC(C(=O)O)C(C)C)cc1C. The molecule has 0 aliphatic rings. The Hall–Kier alpha value is -1.64. The summed E-state index contributed by atoms with van der Waals surface area (Å²) in [5.74, 6) is -1.65. The van der Waals surface area contributed by atoms with Gasteiger partial charge in [-0.1, -0.05) is 26.0 Å². The molecule has 1 unspecified atom stereocenters. The predicted octanol–water partition coefficient (Wildman–Crippen LogP) is 3.23. The number of aliphatic carboxylic acids is 1. The molecule has 1 aromatic rings. The van der Waals surface area contributed by atoms with Crippen LogP contribution in [0.3, 0.4) is 0 Å². The number of ketones is 1. The summed E-state index contributed by atoms with van der Waals surface area (Å²) in [6, 6.07) is 5.49. The van der Waals surface area contributed by atoms with Crippen LogP contribution in [0.5, 0.6) is 0 Å². The molecule has 0 saturated heterocycles. The maximum Gasteiger partial charge on any atom is 0.307 e. The summed E-state index contributed by atoms with van der Waals surface area (Å²) in [5, 5.41) is 9.09. The summed E-state index contributed by atoms with van der Waals surface area (Å²) < 4.78 is 0. The molecule has 0 bridgehead atoms. The molecule has 3 nitrogen and oxygen atoms in total. The number of benzene rings is 1. The normalized spacial score (nSPS) is 12.5. The van der Waals surface area contributed by atoms with Crippen LogP contribution in [-0.2, 0) is 4.79 Å². The molecule has 0 fully saturated rings. The highest BCUT2D eigenvalue weighted by atomic mass is 16.4. The highest BCUT2D eigenvalue weighted by Crippen LogP contribution is 2.19. The summed E-state index contributed by atoms with van der Waals surface area (Å²) in [7, 11) is 0. The molecule has 1 N–H and O–H groups in total. The van der Waals surface area contributed by atoms with Crippen LogP contribution in [0.4, 0.5) is 0 Å². The van der Waals surface area contributed by atoms with Crippen molar-refractivity contribution in [3.8, 4) is 0 Å². The first kappa shape index (κ1) is 14.4. The highest BCUT2D eigenvalue weighted by molar-refractivity contribution is 5.98. The fraction of sp³-hybridized carbons (Fsp3) is 0.467. The third kappa shape index (κ3) is 3.42. The lowest BCUT2D eigenvalue weighted by molar-refractivity contribution is -0.143. The molecule has 0 spiro atoms. The first-order valence-corrected chi connectivity index (χ1v) is 6.16. The van der Waals surface area contributed by atoms with Crippen molar-refractivity contribution >= 4 is 11.8 Å². The van der Waals surface area contributed by atoms with Crippen molar-refractivity contribution in [2.75, 3.05) is 0 Å². The first-order valence-electron chi connectivity index (χ1n) is 6.16. The van der Waals surface area contributed by atoms with E-state index in [1.54, 1.807) is 6.07 Å². The van der Waals surface area contributed by atoms with E-state index in [1.807, 2.05) is 39.8 Å². The molecule has 18 heavy (non-hydrogen) atoms. The Bertz CT molecular complexity index is 461. The van der Waals surface area contributed by atoms with E-state index in [4.69, 9.17) is 5.11 Å². The van der Waals surface area contributed by atoms with Gasteiger partial charge in [0.2, 0.25) is 0 Å². The third-order valence-electron chi connectivity index (χ3n) is 3.36. The molecule has 1 aromatic carbocycles. The van der Waals surface area contributed by atoms with Crippen molar-refractivity contribution in [1.29, 1.82) is 0 Å². The molecule has 0 aromatic heterocycles. The molecule has 3 heteroatoms. The van der Waals surface area contributed by atoms with Crippen molar-refractivity contribution < 1.29 is 14.7 Å². The van der Waals surface area contributed by atoms with Gasteiger partial charge in [0, 0.05) is 12.0 Å². The summed E-state index contributed by atoms with van der Waals surface area (Å²) in [6.07, 6.45) is 0.0650. The summed E-state index contributed by atoms with van der Waals surface area (Å²) in [6.45, 7) is 7.58. The maximum absolute atomic E-state index is 12.1. The lowest BCUT2D eigenvalue weighted by Gasteiger charge is -2.15. The number of rotatable bonds is 5. The zero-order valence-electron chi connectivity index (χ0n) is 11.4. The lowest BCUT2D eigenvalue weighted by atomic mass is 9.88. The quantitative estimate of drug-likeness (QED) is 0.814. The van der Waals surface area contributed by atoms with Crippen LogP contribution in [0.1, 0.15) is 41.8 Å². The Kier molecular flexibility index (Phi) is 4.65. The van der Waals surface area contributed by atoms with Gasteiger partial charge in [0.05, 0.1) is 5.92 Å². The van der Waals surface area contributed by atoms with Crippen LogP contribution in [0.15, 0.2) is 18.2 Å². The summed E-state index contributed by atoms with van der Waals surface area (Å²) in [5.41, 5.74) is 2.78. The van der Waals surface area contributed by atoms with Gasteiger partial charge in [-0.15, -0.1) is 0 Å². The molecular formula is C15H20O3. The number of aryl methyl sites for hydroxylation is 2. The first-order chi connectivity index (χ1) is 8.32. The number of hydrogen-bond acceptors (Lipinski definition) is 2. The average molecular weight is 248 g/mol. The summed E-state index contributed by atoms with van der Waals surface area (Å²) >= 11 is 0. The minimum absolute atomic E-state index is 0.0435. The molecule has 98 valence electrons. The smallest absolute Gasteiger partial charge is 0.307 e. The van der Waals surface area contributed by atoms with Crippen LogP contribution in [0.25, 0.3) is 0 Å². The standard InChI is InChI=1S/C15H20O3/c1-9(2)13(15(17)18)8-14(16)12-6-5-10(3)11(4)7-12/h5-7,9,13H,8H2,1-4H3,(H,17,18). The van der Waals surface area contributed by atoms with Crippen molar-refractivity contribution in [2.45, 2.75) is 34.1 Å². The Morgan fingerprint density at radius 2 is 1.78 bits per heavy atom. The number of carbonyl (C=O) groups excluding carboxylic acids is 1. The fourth-order valence-corrected chi connectivity index (χ4v) is 1.84. The number of Topliss-reactive ketones (excluding diaryl/α,β-unsaturated/α-hetero) is 1. The van der Waals surface area contributed by atoms with E-state index in [0.717, 1.165) is 11.1 Å². The van der Waals surface area contributed by atoms with Crippen molar-refractivity contribution in [2.24, 2.45) is 11.8 Å². The van der Waals surface area contributed by atoms with Gasteiger partial charge in [0.25, 0.3) is 0 Å². The number of carboxylic acid groups (broad SMARTS) is 1.